The van der Waals surface area contributed by atoms with Gasteiger partial charge in [-0.05, 0) is 44.4 Å². The Morgan fingerprint density at radius 3 is 2.21 bits per heavy atom. The maximum atomic E-state index is 12.5. The molecule has 2 saturated heterocycles. The van der Waals surface area contributed by atoms with Crippen LogP contribution < -0.4 is 11.1 Å². The highest BCUT2D eigenvalue weighted by Gasteiger charge is 2.34. The van der Waals surface area contributed by atoms with Gasteiger partial charge in [0.2, 0.25) is 5.91 Å². The van der Waals surface area contributed by atoms with Crippen LogP contribution in [0.2, 0.25) is 0 Å². The molecule has 1 aliphatic carbocycles. The number of piperazine rings is 1. The van der Waals surface area contributed by atoms with Crippen molar-refractivity contribution in [2.24, 2.45) is 11.7 Å². The minimum absolute atomic E-state index is 0. The van der Waals surface area contributed by atoms with Crippen LogP contribution in [-0.2, 0) is 14.3 Å². The predicted molar refractivity (Wildman–Crippen MR) is 114 cm³/mol. The zero-order valence-corrected chi connectivity index (χ0v) is 18.4. The quantitative estimate of drug-likeness (QED) is 0.672. The van der Waals surface area contributed by atoms with Crippen LogP contribution in [0.4, 0.5) is 0 Å². The number of nitrogens with one attached hydrogen (secondary N) is 1. The van der Waals surface area contributed by atoms with Crippen LogP contribution in [-0.4, -0.2) is 79.1 Å². The molecule has 0 aromatic carbocycles. The molecule has 3 rings (SSSR count). The second-order valence-corrected chi connectivity index (χ2v) is 8.19. The molecule has 9 heteroatoms. The fraction of sp³-hybridized carbons (Fsp3) is 0.895. The standard InChI is InChI=1S/C19H34N4O3.2ClH/c1-14-2-4-15(5-3-14)21-18(24)13-22-8-10-23(11-9-22)19(25)17-7-6-16(12-20)26-17;;/h14-17H,2-13,20H2,1H3,(H,21,24);2*1H/t14?,15?,16-,17+;;/m1../s1. The fourth-order valence-corrected chi connectivity index (χ4v) is 4.27. The molecule has 164 valence electrons. The van der Waals surface area contributed by atoms with Crippen molar-refractivity contribution in [1.29, 1.82) is 0 Å². The van der Waals surface area contributed by atoms with Crippen molar-refractivity contribution in [3.63, 3.8) is 0 Å². The number of hydrogen-bond acceptors (Lipinski definition) is 5. The summed E-state index contributed by atoms with van der Waals surface area (Å²) in [5.74, 6) is 0.994. The van der Waals surface area contributed by atoms with Crippen molar-refractivity contribution >= 4 is 36.6 Å². The smallest absolute Gasteiger partial charge is 0.251 e. The first-order valence-corrected chi connectivity index (χ1v) is 10.2. The monoisotopic (exact) mass is 438 g/mol. The molecule has 3 N–H and O–H groups in total. The first-order chi connectivity index (χ1) is 12.5. The van der Waals surface area contributed by atoms with Crippen molar-refractivity contribution < 1.29 is 14.3 Å². The molecule has 3 fully saturated rings. The molecule has 3 aliphatic rings. The van der Waals surface area contributed by atoms with Gasteiger partial charge in [-0.15, -0.1) is 24.8 Å². The normalized spacial score (nSPS) is 30.9. The van der Waals surface area contributed by atoms with E-state index in [1.807, 2.05) is 4.90 Å². The molecule has 2 heterocycles. The lowest BCUT2D eigenvalue weighted by Crippen LogP contribution is -2.53. The molecule has 2 amide bonds. The highest BCUT2D eigenvalue weighted by atomic mass is 35.5. The lowest BCUT2D eigenvalue weighted by molar-refractivity contribution is -0.144. The van der Waals surface area contributed by atoms with Crippen LogP contribution in [0, 0.1) is 5.92 Å². The number of halogens is 2. The van der Waals surface area contributed by atoms with Gasteiger partial charge in [0.25, 0.3) is 5.91 Å². The topological polar surface area (TPSA) is 87.9 Å². The number of carbonyl (C=O) groups excluding carboxylic acids is 2. The Kier molecular flexibility index (Phi) is 11.1. The van der Waals surface area contributed by atoms with Crippen LogP contribution in [0.1, 0.15) is 45.4 Å². The number of hydrogen-bond donors (Lipinski definition) is 2. The third-order valence-corrected chi connectivity index (χ3v) is 6.08. The Morgan fingerprint density at radius 1 is 1.00 bits per heavy atom. The second-order valence-electron chi connectivity index (χ2n) is 8.19. The zero-order chi connectivity index (χ0) is 18.5. The Hall–Kier alpha value is -0.600. The average Bonchev–Trinajstić information content (AvgIpc) is 3.13. The van der Waals surface area contributed by atoms with Gasteiger partial charge in [-0.3, -0.25) is 14.5 Å². The summed E-state index contributed by atoms with van der Waals surface area (Å²) in [7, 11) is 0. The van der Waals surface area contributed by atoms with Crippen LogP contribution in [0.3, 0.4) is 0 Å². The summed E-state index contributed by atoms with van der Waals surface area (Å²) in [5, 5.41) is 3.18. The summed E-state index contributed by atoms with van der Waals surface area (Å²) < 4.78 is 5.72. The van der Waals surface area contributed by atoms with Gasteiger partial charge >= 0.3 is 0 Å². The highest BCUT2D eigenvalue weighted by Crippen LogP contribution is 2.23. The molecule has 0 unspecified atom stereocenters. The summed E-state index contributed by atoms with van der Waals surface area (Å²) in [5.41, 5.74) is 5.62. The molecule has 7 nitrogen and oxygen atoms in total. The molecule has 0 aromatic heterocycles. The maximum Gasteiger partial charge on any atom is 0.251 e. The van der Waals surface area contributed by atoms with Crippen molar-refractivity contribution in [3.8, 4) is 0 Å². The SMILES string of the molecule is CC1CCC(NC(=O)CN2CCN(C(=O)[C@@H]3CC[C@H](CN)O3)CC2)CC1.Cl.Cl. The van der Waals surface area contributed by atoms with E-state index in [1.165, 1.54) is 12.8 Å². The number of carbonyl (C=O) groups is 2. The summed E-state index contributed by atoms with van der Waals surface area (Å²) >= 11 is 0. The summed E-state index contributed by atoms with van der Waals surface area (Å²) in [6, 6.07) is 0.344. The van der Waals surface area contributed by atoms with Gasteiger partial charge in [0.05, 0.1) is 12.6 Å². The molecular formula is C19H36Cl2N4O3. The summed E-state index contributed by atoms with van der Waals surface area (Å²) in [6.45, 7) is 6.02. The Labute approximate surface area is 180 Å². The number of rotatable bonds is 5. The minimum Gasteiger partial charge on any atom is -0.364 e. The predicted octanol–water partition coefficient (Wildman–Crippen LogP) is 1.18. The largest absolute Gasteiger partial charge is 0.364 e. The van der Waals surface area contributed by atoms with E-state index in [0.29, 0.717) is 32.2 Å². The molecule has 2 atom stereocenters. The van der Waals surface area contributed by atoms with Crippen molar-refractivity contribution in [3.05, 3.63) is 0 Å². The van der Waals surface area contributed by atoms with Crippen LogP contribution in [0.5, 0.6) is 0 Å². The molecule has 0 bridgehead atoms. The van der Waals surface area contributed by atoms with E-state index >= 15 is 0 Å². The van der Waals surface area contributed by atoms with E-state index in [-0.39, 0.29) is 48.8 Å². The average molecular weight is 439 g/mol. The molecule has 0 aromatic rings. The van der Waals surface area contributed by atoms with Crippen molar-refractivity contribution in [1.82, 2.24) is 15.1 Å². The Bertz CT molecular complexity index is 496. The van der Waals surface area contributed by atoms with E-state index in [2.05, 4.69) is 17.1 Å². The molecule has 28 heavy (non-hydrogen) atoms. The van der Waals surface area contributed by atoms with Crippen molar-refractivity contribution in [2.45, 2.75) is 63.7 Å². The molecule has 2 aliphatic heterocycles. The van der Waals surface area contributed by atoms with E-state index < -0.39 is 0 Å². The fourth-order valence-electron chi connectivity index (χ4n) is 4.27. The lowest BCUT2D eigenvalue weighted by Gasteiger charge is -2.36. The summed E-state index contributed by atoms with van der Waals surface area (Å²) in [6.07, 6.45) is 5.95. The molecule has 0 radical (unpaired) electrons. The van der Waals surface area contributed by atoms with Gasteiger partial charge in [0.1, 0.15) is 6.10 Å². The summed E-state index contributed by atoms with van der Waals surface area (Å²) in [4.78, 5) is 28.8. The van der Waals surface area contributed by atoms with Gasteiger partial charge in [0.15, 0.2) is 0 Å². The second kappa shape index (κ2) is 12.2. The van der Waals surface area contributed by atoms with Crippen molar-refractivity contribution in [2.75, 3.05) is 39.3 Å². The highest BCUT2D eigenvalue weighted by molar-refractivity contribution is 5.85. The number of nitrogens with two attached hydrogens (primary N) is 1. The van der Waals surface area contributed by atoms with Gasteiger partial charge in [-0.1, -0.05) is 6.92 Å². The van der Waals surface area contributed by atoms with Gasteiger partial charge in [-0.25, -0.2) is 0 Å². The maximum absolute atomic E-state index is 12.5. The van der Waals surface area contributed by atoms with E-state index in [9.17, 15) is 9.59 Å². The molecular weight excluding hydrogens is 403 g/mol. The van der Waals surface area contributed by atoms with Gasteiger partial charge < -0.3 is 20.7 Å². The Balaban J connectivity index is 0.00000196. The van der Waals surface area contributed by atoms with Gasteiger partial charge in [-0.2, -0.15) is 0 Å². The molecule has 0 spiro atoms. The third-order valence-electron chi connectivity index (χ3n) is 6.08. The lowest BCUT2D eigenvalue weighted by atomic mass is 9.87. The first kappa shape index (κ1) is 25.4. The van der Waals surface area contributed by atoms with Crippen LogP contribution >= 0.6 is 24.8 Å². The van der Waals surface area contributed by atoms with Gasteiger partial charge in [0, 0.05) is 38.8 Å². The number of nitrogens with zero attached hydrogens (tertiary/aromatic N) is 2. The Morgan fingerprint density at radius 2 is 1.64 bits per heavy atom. The van der Waals surface area contributed by atoms with E-state index in [0.717, 1.165) is 44.7 Å². The number of amides is 2. The third kappa shape index (κ3) is 7.02. The van der Waals surface area contributed by atoms with E-state index in [1.54, 1.807) is 0 Å². The zero-order valence-electron chi connectivity index (χ0n) is 16.8. The minimum atomic E-state index is -0.327. The molecule has 1 saturated carbocycles. The first-order valence-electron chi connectivity index (χ1n) is 10.2. The van der Waals surface area contributed by atoms with E-state index in [4.69, 9.17) is 10.5 Å². The van der Waals surface area contributed by atoms with Crippen LogP contribution in [0.25, 0.3) is 0 Å². The van der Waals surface area contributed by atoms with Crippen LogP contribution in [0.15, 0.2) is 0 Å². The number of ether oxygens (including phenoxy) is 1.